The molecule has 17 heteroatoms. The summed E-state index contributed by atoms with van der Waals surface area (Å²) in [7, 11) is 0. The van der Waals surface area contributed by atoms with Crippen LogP contribution >= 0.6 is 0 Å². The number of carbonyl (C=O) groups is 1. The van der Waals surface area contributed by atoms with Crippen LogP contribution in [0.15, 0.2) is 17.3 Å². The van der Waals surface area contributed by atoms with E-state index >= 15 is 0 Å². The van der Waals surface area contributed by atoms with Crippen molar-refractivity contribution in [3.8, 4) is 0 Å². The Morgan fingerprint density at radius 1 is 0.792 bits per heavy atom. The molecular formula is C36H66N4O13. The number of aliphatic hydroxyl groups excluding tert-OH is 8. The molecule has 2 saturated heterocycles. The SMILES string of the molecule is CCCCCCCCCCCCC/C=C/[C@H](O)[C@@H](CO[C@@H]1OC(CO)[C@@H](O[C@@H]2OC(CO)[C@H](O)C(O)[C@@H]2O)C(O)[C@@H]1O)NC(=O)CCCCCN=[N+]=[N-]. The second-order valence-electron chi connectivity index (χ2n) is 14.0. The van der Waals surface area contributed by atoms with Gasteiger partial charge in [-0.3, -0.25) is 4.79 Å². The maximum Gasteiger partial charge on any atom is 0.220 e. The van der Waals surface area contributed by atoms with Crippen LogP contribution < -0.4 is 5.32 Å². The van der Waals surface area contributed by atoms with Gasteiger partial charge < -0.3 is 65.1 Å². The van der Waals surface area contributed by atoms with Gasteiger partial charge >= 0.3 is 0 Å². The van der Waals surface area contributed by atoms with Crippen molar-refractivity contribution in [1.82, 2.24) is 5.32 Å². The van der Waals surface area contributed by atoms with Crippen molar-refractivity contribution in [2.75, 3.05) is 26.4 Å². The molecule has 2 heterocycles. The number of amides is 1. The van der Waals surface area contributed by atoms with Gasteiger partial charge in [-0.05, 0) is 31.2 Å². The first-order valence-corrected chi connectivity index (χ1v) is 19.4. The van der Waals surface area contributed by atoms with Gasteiger partial charge in [0, 0.05) is 17.9 Å². The topological polar surface area (TPSA) is 277 Å². The number of nitrogens with one attached hydrogen (secondary N) is 1. The first kappa shape index (κ1) is 47.2. The Hall–Kier alpha value is -1.96. The molecule has 0 spiro atoms. The second kappa shape index (κ2) is 27.6. The van der Waals surface area contributed by atoms with Gasteiger partial charge in [0.1, 0.15) is 48.8 Å². The zero-order chi connectivity index (χ0) is 39.0. The lowest BCUT2D eigenvalue weighted by molar-refractivity contribution is -0.359. The Balaban J connectivity index is 1.94. The maximum absolute atomic E-state index is 12.8. The number of nitrogens with zero attached hydrogens (tertiary/aromatic N) is 3. The Labute approximate surface area is 312 Å². The lowest BCUT2D eigenvalue weighted by Gasteiger charge is -2.46. The molecule has 17 nitrogen and oxygen atoms in total. The van der Waals surface area contributed by atoms with E-state index in [2.05, 4.69) is 22.3 Å². The number of aliphatic hydroxyl groups is 8. The summed E-state index contributed by atoms with van der Waals surface area (Å²) < 4.78 is 22.4. The summed E-state index contributed by atoms with van der Waals surface area (Å²) in [6, 6.07) is -0.970. The van der Waals surface area contributed by atoms with E-state index in [-0.39, 0.29) is 18.9 Å². The molecule has 0 saturated carbocycles. The Kier molecular flexibility index (Phi) is 24.6. The molecule has 2 aliphatic rings. The third-order valence-electron chi connectivity index (χ3n) is 9.69. The first-order chi connectivity index (χ1) is 25.6. The molecule has 2 fully saturated rings. The van der Waals surface area contributed by atoms with Crippen molar-refractivity contribution in [2.24, 2.45) is 5.11 Å². The van der Waals surface area contributed by atoms with Crippen LogP contribution in [-0.4, -0.2) is 147 Å². The van der Waals surface area contributed by atoms with Crippen LogP contribution in [0.25, 0.3) is 10.4 Å². The molecule has 0 aliphatic carbocycles. The molecule has 0 radical (unpaired) electrons. The monoisotopic (exact) mass is 762 g/mol. The Morgan fingerprint density at radius 2 is 1.38 bits per heavy atom. The van der Waals surface area contributed by atoms with Gasteiger partial charge in [-0.2, -0.15) is 0 Å². The van der Waals surface area contributed by atoms with Crippen molar-refractivity contribution < 1.29 is 64.6 Å². The van der Waals surface area contributed by atoms with Crippen LogP contribution in [0.5, 0.6) is 0 Å². The molecule has 2 aliphatic heterocycles. The van der Waals surface area contributed by atoms with Gasteiger partial charge in [0.05, 0.1) is 32.0 Å². The van der Waals surface area contributed by atoms with Crippen LogP contribution in [0, 0.1) is 0 Å². The van der Waals surface area contributed by atoms with Gasteiger partial charge in [-0.1, -0.05) is 94.8 Å². The molecule has 53 heavy (non-hydrogen) atoms. The van der Waals surface area contributed by atoms with E-state index in [1.807, 2.05) is 6.08 Å². The zero-order valence-electron chi connectivity index (χ0n) is 31.2. The van der Waals surface area contributed by atoms with E-state index in [0.717, 1.165) is 25.7 Å². The fourth-order valence-electron chi connectivity index (χ4n) is 6.38. The lowest BCUT2D eigenvalue weighted by atomic mass is 9.97. The molecule has 0 aromatic carbocycles. The minimum Gasteiger partial charge on any atom is -0.394 e. The highest BCUT2D eigenvalue weighted by Gasteiger charge is 2.50. The molecule has 4 unspecified atom stereocenters. The van der Waals surface area contributed by atoms with E-state index in [0.29, 0.717) is 25.8 Å². The van der Waals surface area contributed by atoms with Crippen LogP contribution in [-0.2, 0) is 23.7 Å². The van der Waals surface area contributed by atoms with E-state index in [4.69, 9.17) is 24.5 Å². The van der Waals surface area contributed by atoms with Crippen LogP contribution in [0.2, 0.25) is 0 Å². The summed E-state index contributed by atoms with van der Waals surface area (Å²) in [5.74, 6) is -0.355. The maximum atomic E-state index is 12.8. The van der Waals surface area contributed by atoms with E-state index < -0.39 is 86.8 Å². The van der Waals surface area contributed by atoms with E-state index in [1.54, 1.807) is 6.08 Å². The number of unbranched alkanes of at least 4 members (excludes halogenated alkanes) is 13. The number of azide groups is 1. The van der Waals surface area contributed by atoms with Crippen molar-refractivity contribution in [2.45, 2.75) is 183 Å². The molecular weight excluding hydrogens is 696 g/mol. The molecule has 0 bridgehead atoms. The van der Waals surface area contributed by atoms with Gasteiger partial charge in [0.2, 0.25) is 5.91 Å². The molecule has 1 amide bonds. The molecule has 0 aromatic heterocycles. The molecule has 2 rings (SSSR count). The normalized spacial score (nSPS) is 30.2. The van der Waals surface area contributed by atoms with Crippen molar-refractivity contribution in [3.63, 3.8) is 0 Å². The zero-order valence-corrected chi connectivity index (χ0v) is 31.2. The summed E-state index contributed by atoms with van der Waals surface area (Å²) in [6.07, 6.45) is 2.30. The summed E-state index contributed by atoms with van der Waals surface area (Å²) in [4.78, 5) is 15.5. The number of hydrogen-bond donors (Lipinski definition) is 9. The average molecular weight is 763 g/mol. The first-order valence-electron chi connectivity index (χ1n) is 19.4. The Morgan fingerprint density at radius 3 is 2.00 bits per heavy atom. The van der Waals surface area contributed by atoms with Crippen molar-refractivity contribution >= 4 is 5.91 Å². The van der Waals surface area contributed by atoms with Gasteiger partial charge in [0.15, 0.2) is 12.6 Å². The second-order valence-corrected chi connectivity index (χ2v) is 14.0. The predicted octanol–water partition coefficient (Wildman–Crippen LogP) is 1.60. The summed E-state index contributed by atoms with van der Waals surface area (Å²) in [5.41, 5.74) is 8.42. The quantitative estimate of drug-likeness (QED) is 0.0180. The minimum absolute atomic E-state index is 0.146. The third-order valence-corrected chi connectivity index (χ3v) is 9.69. The molecule has 9 N–H and O–H groups in total. The standard InChI is InChI=1S/C36H66N4O13/c1-2-3-4-5-6-7-8-9-10-11-12-13-15-18-25(43)24(39-28(44)19-16-14-17-20-38-40-37)23-50-35-33(49)31(47)34(27(22-42)52-35)53-36-32(48)30(46)29(45)26(21-41)51-36/h15,18,24-27,29-36,41-43,45-49H,2-14,16-17,19-23H2,1H3,(H,39,44)/b18-15+/t24-,25+,26?,27?,29+,30?,31?,32+,33+,34-,35-,36+/m1/s1. The molecule has 308 valence electrons. The van der Waals surface area contributed by atoms with Crippen LogP contribution in [0.4, 0.5) is 0 Å². The highest BCUT2D eigenvalue weighted by atomic mass is 16.7. The highest BCUT2D eigenvalue weighted by Crippen LogP contribution is 2.29. The minimum atomic E-state index is -1.80. The van der Waals surface area contributed by atoms with Gasteiger partial charge in [-0.15, -0.1) is 0 Å². The lowest BCUT2D eigenvalue weighted by Crippen LogP contribution is -2.65. The number of hydrogen-bond acceptors (Lipinski definition) is 14. The number of ether oxygens (including phenoxy) is 4. The largest absolute Gasteiger partial charge is 0.394 e. The highest BCUT2D eigenvalue weighted by molar-refractivity contribution is 5.76. The number of allylic oxidation sites excluding steroid dienone is 1. The van der Waals surface area contributed by atoms with Crippen LogP contribution in [0.3, 0.4) is 0 Å². The van der Waals surface area contributed by atoms with Crippen molar-refractivity contribution in [1.29, 1.82) is 0 Å². The Bertz CT molecular complexity index is 1050. The summed E-state index contributed by atoms with van der Waals surface area (Å²) in [6.45, 7) is 0.743. The van der Waals surface area contributed by atoms with E-state index in [1.165, 1.54) is 51.4 Å². The molecule has 12 atom stereocenters. The fourth-order valence-corrected chi connectivity index (χ4v) is 6.38. The third kappa shape index (κ3) is 17.2. The summed E-state index contributed by atoms with van der Waals surface area (Å²) in [5, 5.41) is 89.1. The number of carbonyl (C=O) groups excluding carboxylic acids is 1. The number of rotatable bonds is 28. The summed E-state index contributed by atoms with van der Waals surface area (Å²) >= 11 is 0. The predicted molar refractivity (Wildman–Crippen MR) is 193 cm³/mol. The smallest absolute Gasteiger partial charge is 0.220 e. The van der Waals surface area contributed by atoms with Crippen molar-refractivity contribution in [3.05, 3.63) is 22.6 Å². The fraction of sp³-hybridized carbons (Fsp3) is 0.917. The van der Waals surface area contributed by atoms with Gasteiger partial charge in [0.25, 0.3) is 0 Å². The average Bonchev–Trinajstić information content (AvgIpc) is 3.15. The molecule has 0 aromatic rings. The van der Waals surface area contributed by atoms with Gasteiger partial charge in [-0.25, -0.2) is 0 Å². The van der Waals surface area contributed by atoms with Crippen LogP contribution in [0.1, 0.15) is 110 Å². The van der Waals surface area contributed by atoms with E-state index in [9.17, 15) is 45.6 Å².